The summed E-state index contributed by atoms with van der Waals surface area (Å²) in [5.41, 5.74) is 36.6. The van der Waals surface area contributed by atoms with E-state index in [2.05, 4.69) is 252 Å². The van der Waals surface area contributed by atoms with Crippen molar-refractivity contribution >= 4 is 0 Å². The van der Waals surface area contributed by atoms with E-state index in [1.807, 2.05) is 334 Å². The molecule has 9 nitrogen and oxygen atoms in total. The zero-order valence-electron chi connectivity index (χ0n) is 82.7. The van der Waals surface area contributed by atoms with E-state index in [0.717, 1.165) is 158 Å². The summed E-state index contributed by atoms with van der Waals surface area (Å²) in [6, 6.07) is 178. The minimum Gasteiger partial charge on any atom is -0.305 e. The summed E-state index contributed by atoms with van der Waals surface area (Å²) in [7, 11) is 0. The fourth-order valence-corrected chi connectivity index (χ4v) is 16.1. The van der Waals surface area contributed by atoms with Gasteiger partial charge in [-0.05, 0) is 207 Å². The molecule has 13 heteroatoms. The molecular formula is C135H108Ir4N9-6. The first kappa shape index (κ1) is 112. The van der Waals surface area contributed by atoms with Gasteiger partial charge in [0.2, 0.25) is 0 Å². The monoisotopic (exact) mass is 2630 g/mol. The van der Waals surface area contributed by atoms with Gasteiger partial charge in [0, 0.05) is 121 Å². The molecule has 0 saturated carbocycles. The molecule has 0 fully saturated rings. The average molecular weight is 2630 g/mol. The van der Waals surface area contributed by atoms with Gasteiger partial charge in [0.05, 0.1) is 0 Å². The maximum Gasteiger partial charge on any atom is 3.00 e. The van der Waals surface area contributed by atoms with Crippen LogP contribution < -0.4 is 0 Å². The number of hydrogen-bond acceptors (Lipinski definition) is 9. The Hall–Kier alpha value is -15.2. The Labute approximate surface area is 927 Å². The Morgan fingerprint density at radius 1 is 0.203 bits per heavy atom. The summed E-state index contributed by atoms with van der Waals surface area (Å²) in [5.74, 6) is 0.641. The van der Waals surface area contributed by atoms with Crippen molar-refractivity contribution in [3.63, 3.8) is 0 Å². The topological polar surface area (TPSA) is 116 Å². The molecule has 0 spiro atoms. The van der Waals surface area contributed by atoms with Crippen LogP contribution in [0.3, 0.4) is 0 Å². The molecule has 13 aromatic carbocycles. The van der Waals surface area contributed by atoms with Crippen molar-refractivity contribution in [2.24, 2.45) is 5.92 Å². The first-order valence-electron chi connectivity index (χ1n) is 48.6. The van der Waals surface area contributed by atoms with Crippen molar-refractivity contribution in [2.75, 3.05) is 0 Å². The van der Waals surface area contributed by atoms with Crippen molar-refractivity contribution in [1.82, 2.24) is 44.9 Å². The van der Waals surface area contributed by atoms with Crippen LogP contribution in [0.2, 0.25) is 0 Å². The van der Waals surface area contributed by atoms with E-state index >= 15 is 0 Å². The smallest absolute Gasteiger partial charge is 0.305 e. The molecule has 0 aliphatic heterocycles. The molecule has 9 aromatic heterocycles. The minimum atomic E-state index is 0. The zero-order valence-corrected chi connectivity index (χ0v) is 92.2. The minimum absolute atomic E-state index is 0. The van der Waals surface area contributed by atoms with Crippen LogP contribution in [0.1, 0.15) is 64.0 Å². The van der Waals surface area contributed by atoms with Crippen molar-refractivity contribution in [2.45, 2.75) is 72.6 Å². The van der Waals surface area contributed by atoms with Crippen LogP contribution in [-0.2, 0) is 125 Å². The number of rotatable bonds is 23. The standard InChI is InChI=1S/C45H36N3.2C18H14N.C17H12N.C15H16N.2C11H8N.4Ir/c1-4-10-40(11-5-1)43-25-22-34(31-46-43)16-19-37-28-38(20-17-35-23-26-44(47-32-35)41-12-6-2-7-13-41)30-39(29-37)21-18-36-24-27-45(48-33-36)42-14-8-3-9-15-42;1-14-12-18(16-10-6-3-7-11-16)19-13-17(14)15-8-4-2-5-9-15;1-14-7-5-6-10-17(14)16-11-12-18(19-13-16)15-8-3-2-4-9-15;1-2-7-14(8-3-1)15-9-6-10-16(13-15)17-11-4-5-12-18-17;1-12(2)11-14-9-6-10-15(16-14)13-7-4-3-5-8-13;2*1-2-6-10(7-3-1)11-8-4-5-9-12-11;;;;/h1-10,12,14,22-33H,16-21H2;2-10,12-13H,1H3;2-8,10-13H,1H3;1-9,11-13H;3-7,9-10,12H,11H2,1-2H3;2*1-6,8-9H;;;;/q-3;6*-1;;;;+3. The summed E-state index contributed by atoms with van der Waals surface area (Å²) in [6.45, 7) is 8.66. The third kappa shape index (κ3) is 34.8. The van der Waals surface area contributed by atoms with Gasteiger partial charge in [0.25, 0.3) is 0 Å². The van der Waals surface area contributed by atoms with Crippen LogP contribution in [0.4, 0.5) is 0 Å². The van der Waals surface area contributed by atoms with E-state index in [0.29, 0.717) is 5.92 Å². The molecule has 0 aliphatic rings. The third-order valence-electron chi connectivity index (χ3n) is 23.6. The molecule has 0 aliphatic carbocycles. The second-order valence-corrected chi connectivity index (χ2v) is 34.6. The summed E-state index contributed by atoms with van der Waals surface area (Å²) < 4.78 is 0. The van der Waals surface area contributed by atoms with Crippen LogP contribution in [0.15, 0.2) is 492 Å². The summed E-state index contributed by atoms with van der Waals surface area (Å²) in [4.78, 5) is 40.7. The van der Waals surface area contributed by atoms with E-state index in [4.69, 9.17) is 15.0 Å². The Bertz CT molecular complexity index is 7070. The molecule has 9 heterocycles. The predicted molar refractivity (Wildman–Crippen MR) is 590 cm³/mol. The Morgan fingerprint density at radius 2 is 0.520 bits per heavy atom. The van der Waals surface area contributed by atoms with Gasteiger partial charge in [-0.25, -0.2) is 0 Å². The van der Waals surface area contributed by atoms with Crippen LogP contribution in [0.5, 0.6) is 0 Å². The molecule has 22 rings (SSSR count). The van der Waals surface area contributed by atoms with Crippen molar-refractivity contribution in [3.05, 3.63) is 597 Å². The molecule has 148 heavy (non-hydrogen) atoms. The van der Waals surface area contributed by atoms with Gasteiger partial charge >= 0.3 is 20.1 Å². The molecule has 0 saturated heterocycles. The normalized spacial score (nSPS) is 10.2. The first-order chi connectivity index (χ1) is 71.1. The molecule has 0 unspecified atom stereocenters. The van der Waals surface area contributed by atoms with Gasteiger partial charge in [0.1, 0.15) is 0 Å². The number of aryl methyl sites for hydroxylation is 8. The number of hydrogen-bond donors (Lipinski definition) is 0. The van der Waals surface area contributed by atoms with Gasteiger partial charge < -0.3 is 44.9 Å². The third-order valence-corrected chi connectivity index (χ3v) is 23.6. The molecule has 735 valence electrons. The summed E-state index contributed by atoms with van der Waals surface area (Å²) in [6.07, 6.45) is 22.0. The first-order valence-corrected chi connectivity index (χ1v) is 48.6. The van der Waals surface area contributed by atoms with E-state index in [1.54, 1.807) is 18.6 Å². The van der Waals surface area contributed by atoms with Crippen LogP contribution in [0.25, 0.3) is 135 Å². The van der Waals surface area contributed by atoms with Gasteiger partial charge in [-0.15, -0.1) is 323 Å². The second kappa shape index (κ2) is 60.7. The largest absolute Gasteiger partial charge is 3.00 e. The van der Waals surface area contributed by atoms with Gasteiger partial charge in [0.15, 0.2) is 0 Å². The zero-order chi connectivity index (χ0) is 98.6. The molecule has 0 N–H and O–H groups in total. The SMILES string of the molecule is CC(C)Cc1cccc(-c2[c-]cccc2)n1.Cc1cc(-c2[c-]cccc2)ncc1-c1ccccc1.Cc1ccccc1-c1ccc(-c2[c-]cccc2)nc1.[Ir+3].[Ir].[Ir].[Ir].[c-]1ccc(-c2ccccc2)cc1-c1ccccn1.[c-]1ccccc1-c1ccc(CCc2cc(CCc3ccc(-c4[c-]cccc4)nc3)cc(CCc3ccc(-c4[c-]cccc4)nc3)c2)cn1.[c-]1ccccc1-c1ccccn1.[c-]1ccccc1-c1ccccn1. The number of nitrogens with zero attached hydrogens (tertiary/aromatic N) is 9. The number of aromatic nitrogens is 9. The molecule has 0 atom stereocenters. The molecule has 0 bridgehead atoms. The maximum absolute atomic E-state index is 4.73. The second-order valence-electron chi connectivity index (χ2n) is 34.6. The fourth-order valence-electron chi connectivity index (χ4n) is 16.1. The fraction of sp³-hybridized carbons (Fsp3) is 0.0889. The van der Waals surface area contributed by atoms with Crippen molar-refractivity contribution in [1.29, 1.82) is 0 Å². The Balaban J connectivity index is 0.000000164. The van der Waals surface area contributed by atoms with E-state index in [9.17, 15) is 0 Å². The van der Waals surface area contributed by atoms with Gasteiger partial charge in [-0.2, -0.15) is 0 Å². The molecular weight excluding hydrogens is 2520 g/mol. The Morgan fingerprint density at radius 3 is 0.865 bits per heavy atom. The number of benzene rings is 13. The molecule has 22 aromatic rings. The quantitative estimate of drug-likeness (QED) is 0.0577. The average Bonchev–Trinajstić information content (AvgIpc) is 0.818. The maximum atomic E-state index is 4.73. The van der Waals surface area contributed by atoms with E-state index in [1.165, 1.54) is 72.3 Å². The van der Waals surface area contributed by atoms with E-state index in [-0.39, 0.29) is 80.4 Å². The van der Waals surface area contributed by atoms with Crippen molar-refractivity contribution in [3.8, 4) is 135 Å². The van der Waals surface area contributed by atoms with Crippen molar-refractivity contribution < 1.29 is 80.4 Å². The van der Waals surface area contributed by atoms with Crippen LogP contribution in [-0.4, -0.2) is 44.9 Å². The van der Waals surface area contributed by atoms with E-state index < -0.39 is 0 Å². The van der Waals surface area contributed by atoms with Gasteiger partial charge in [-0.3, -0.25) is 0 Å². The molecule has 3 radical (unpaired) electrons. The summed E-state index contributed by atoms with van der Waals surface area (Å²) >= 11 is 0. The summed E-state index contributed by atoms with van der Waals surface area (Å²) in [5, 5.41) is 0. The predicted octanol–water partition coefficient (Wildman–Crippen LogP) is 31.7. The number of pyridine rings is 9. The Kier molecular flexibility index (Phi) is 45.7. The van der Waals surface area contributed by atoms with Crippen LogP contribution in [0, 0.1) is 74.4 Å². The molecule has 0 amide bonds. The van der Waals surface area contributed by atoms with Gasteiger partial charge in [-0.1, -0.05) is 220 Å². The van der Waals surface area contributed by atoms with Crippen LogP contribution >= 0.6 is 0 Å².